The van der Waals surface area contributed by atoms with Gasteiger partial charge < -0.3 is 15.5 Å². The van der Waals surface area contributed by atoms with Gasteiger partial charge >= 0.3 is 0 Å². The maximum Gasteiger partial charge on any atom is 0.256 e. The van der Waals surface area contributed by atoms with Crippen LogP contribution in [0.25, 0.3) is 5.95 Å². The maximum absolute atomic E-state index is 9.32. The molecule has 0 spiro atoms. The molecule has 2 aromatic heterocycles. The largest absolute Gasteiger partial charge is 0.394 e. The van der Waals surface area contributed by atoms with Crippen LogP contribution in [-0.4, -0.2) is 60.5 Å². The van der Waals surface area contributed by atoms with Gasteiger partial charge in [0.05, 0.1) is 12.7 Å². The Morgan fingerprint density at radius 1 is 1.42 bits per heavy atom. The summed E-state index contributed by atoms with van der Waals surface area (Å²) < 4.78 is 1.52. The first-order valence-electron chi connectivity index (χ1n) is 5.58. The number of aliphatic hydroxyl groups excluding tert-OH is 2. The first-order chi connectivity index (χ1) is 9.22. The Morgan fingerprint density at radius 3 is 2.89 bits per heavy atom. The number of thioether (sulfide) groups is 1. The molecular weight excluding hydrogens is 268 g/mol. The number of aliphatic hydroxyl groups is 2. The van der Waals surface area contributed by atoms with Crippen LogP contribution >= 0.6 is 11.8 Å². The van der Waals surface area contributed by atoms with Gasteiger partial charge in [0.2, 0.25) is 5.95 Å². The fraction of sp³-hybridized carbons (Fsp3) is 0.400. The summed E-state index contributed by atoms with van der Waals surface area (Å²) in [6, 6.07) is 1.77. The molecule has 2 rings (SSSR count). The molecule has 2 heterocycles. The van der Waals surface area contributed by atoms with Crippen molar-refractivity contribution in [3.8, 4) is 5.95 Å². The monoisotopic (exact) mass is 282 g/mol. The molecule has 0 saturated carbocycles. The van der Waals surface area contributed by atoms with E-state index in [4.69, 9.17) is 5.11 Å². The molecule has 3 N–H and O–H groups in total. The number of anilines is 1. The van der Waals surface area contributed by atoms with Crippen molar-refractivity contribution in [3.05, 3.63) is 18.5 Å². The lowest BCUT2D eigenvalue weighted by Gasteiger charge is -2.08. The fourth-order valence-corrected chi connectivity index (χ4v) is 1.98. The van der Waals surface area contributed by atoms with E-state index in [1.54, 1.807) is 25.5 Å². The van der Waals surface area contributed by atoms with Crippen molar-refractivity contribution in [1.82, 2.24) is 24.7 Å². The quantitative estimate of drug-likeness (QED) is 0.611. The van der Waals surface area contributed by atoms with Crippen LogP contribution in [-0.2, 0) is 0 Å². The minimum Gasteiger partial charge on any atom is -0.394 e. The minimum atomic E-state index is -0.798. The average Bonchev–Trinajstić information content (AvgIpc) is 2.98. The van der Waals surface area contributed by atoms with Gasteiger partial charge in [0, 0.05) is 25.2 Å². The Bertz CT molecular complexity index is 521. The predicted molar refractivity (Wildman–Crippen MR) is 70.3 cm³/mol. The lowest BCUT2D eigenvalue weighted by Crippen LogP contribution is -2.15. The highest BCUT2D eigenvalue weighted by Crippen LogP contribution is 2.16. The molecule has 0 fully saturated rings. The molecule has 2 aromatic rings. The van der Waals surface area contributed by atoms with E-state index in [1.807, 2.05) is 0 Å². The van der Waals surface area contributed by atoms with Crippen LogP contribution in [0.5, 0.6) is 0 Å². The van der Waals surface area contributed by atoms with Crippen LogP contribution < -0.4 is 5.32 Å². The van der Waals surface area contributed by atoms with E-state index >= 15 is 0 Å². The van der Waals surface area contributed by atoms with E-state index in [0.717, 1.165) is 0 Å². The summed E-state index contributed by atoms with van der Waals surface area (Å²) in [6.07, 6.45) is 2.56. The molecule has 0 amide bonds. The van der Waals surface area contributed by atoms with E-state index < -0.39 is 6.10 Å². The molecule has 0 aliphatic rings. The number of hydrogen-bond acceptors (Lipinski definition) is 8. The molecule has 0 aliphatic carbocycles. The van der Waals surface area contributed by atoms with Crippen molar-refractivity contribution in [2.24, 2.45) is 0 Å². The van der Waals surface area contributed by atoms with Crippen molar-refractivity contribution in [3.63, 3.8) is 0 Å². The van der Waals surface area contributed by atoms with Crippen molar-refractivity contribution in [2.75, 3.05) is 24.7 Å². The summed E-state index contributed by atoms with van der Waals surface area (Å²) in [5.74, 6) is 1.12. The Kier molecular flexibility index (Phi) is 4.66. The lowest BCUT2D eigenvalue weighted by molar-refractivity contribution is 0.113. The zero-order valence-electron chi connectivity index (χ0n) is 10.3. The molecule has 1 unspecified atom stereocenters. The van der Waals surface area contributed by atoms with Gasteiger partial charge in [-0.05, 0) is 6.07 Å². The van der Waals surface area contributed by atoms with Gasteiger partial charge in [-0.25, -0.2) is 4.68 Å². The Balaban J connectivity index is 2.21. The van der Waals surface area contributed by atoms with Gasteiger partial charge in [-0.3, -0.25) is 0 Å². The van der Waals surface area contributed by atoms with Crippen molar-refractivity contribution in [2.45, 2.75) is 11.3 Å². The molecule has 0 aromatic carbocycles. The second-order valence-corrected chi connectivity index (χ2v) is 4.58. The molecule has 1 atom stereocenters. The summed E-state index contributed by atoms with van der Waals surface area (Å²) in [5.41, 5.74) is 0. The number of nitrogens with one attached hydrogen (secondary N) is 1. The summed E-state index contributed by atoms with van der Waals surface area (Å²) in [6.45, 7) is -0.289. The predicted octanol–water partition coefficient (Wildman–Crippen LogP) is -0.456. The molecule has 9 heteroatoms. The van der Waals surface area contributed by atoms with Crippen molar-refractivity contribution in [1.29, 1.82) is 0 Å². The van der Waals surface area contributed by atoms with Gasteiger partial charge in [0.25, 0.3) is 5.95 Å². The number of hydrogen-bond donors (Lipinski definition) is 3. The van der Waals surface area contributed by atoms with Gasteiger partial charge in [-0.15, -0.1) is 0 Å². The highest BCUT2D eigenvalue weighted by Gasteiger charge is 2.10. The molecule has 0 saturated heterocycles. The first-order valence-corrected chi connectivity index (χ1v) is 6.57. The van der Waals surface area contributed by atoms with Gasteiger partial charge in [0.15, 0.2) is 5.16 Å². The fourth-order valence-electron chi connectivity index (χ4n) is 1.24. The SMILES string of the molecule is CNc1nc(SCC(O)CO)nc(-n2cccn2)n1. The average molecular weight is 282 g/mol. The van der Waals surface area contributed by atoms with Crippen molar-refractivity contribution < 1.29 is 10.2 Å². The Hall–Kier alpha value is -1.71. The maximum atomic E-state index is 9.32. The Labute approximate surface area is 113 Å². The first kappa shape index (κ1) is 13.7. The smallest absolute Gasteiger partial charge is 0.256 e. The van der Waals surface area contributed by atoms with E-state index in [9.17, 15) is 5.11 Å². The summed E-state index contributed by atoms with van der Waals surface area (Å²) in [5, 5.41) is 25.4. The molecule has 0 aliphatic heterocycles. The molecule has 0 radical (unpaired) electrons. The number of rotatable bonds is 6. The lowest BCUT2D eigenvalue weighted by atomic mass is 10.4. The van der Waals surface area contributed by atoms with Crippen LogP contribution in [0.4, 0.5) is 5.95 Å². The standard InChI is InChI=1S/C10H14N6O2S/c1-11-8-13-9(16-4-2-3-12-16)15-10(14-8)19-6-7(18)5-17/h2-4,7,17-18H,5-6H2,1H3,(H,11,13,14,15). The molecular formula is C10H14N6O2S. The third kappa shape index (κ3) is 3.63. The topological polar surface area (TPSA) is 109 Å². The number of nitrogens with zero attached hydrogens (tertiary/aromatic N) is 5. The van der Waals surface area contributed by atoms with Crippen LogP contribution in [0, 0.1) is 0 Å². The second-order valence-electron chi connectivity index (χ2n) is 3.59. The highest BCUT2D eigenvalue weighted by molar-refractivity contribution is 7.99. The second kappa shape index (κ2) is 6.45. The highest BCUT2D eigenvalue weighted by atomic mass is 32.2. The summed E-state index contributed by atoms with van der Waals surface area (Å²) in [4.78, 5) is 12.6. The van der Waals surface area contributed by atoms with Crippen LogP contribution in [0.2, 0.25) is 0 Å². The summed E-state index contributed by atoms with van der Waals surface area (Å²) >= 11 is 1.24. The van der Waals surface area contributed by atoms with Crippen LogP contribution in [0.15, 0.2) is 23.6 Å². The van der Waals surface area contributed by atoms with E-state index in [1.165, 1.54) is 16.4 Å². The third-order valence-corrected chi connectivity index (χ3v) is 3.14. The van der Waals surface area contributed by atoms with Gasteiger partial charge in [-0.1, -0.05) is 11.8 Å². The number of aromatic nitrogens is 5. The normalized spacial score (nSPS) is 12.4. The Morgan fingerprint density at radius 2 is 2.26 bits per heavy atom. The van der Waals surface area contributed by atoms with Crippen LogP contribution in [0.1, 0.15) is 0 Å². The van der Waals surface area contributed by atoms with Crippen LogP contribution in [0.3, 0.4) is 0 Å². The van der Waals surface area contributed by atoms with Crippen molar-refractivity contribution >= 4 is 17.7 Å². The molecule has 8 nitrogen and oxygen atoms in total. The van der Waals surface area contributed by atoms with E-state index in [0.29, 0.717) is 22.8 Å². The van der Waals surface area contributed by atoms with Gasteiger partial charge in [-0.2, -0.15) is 20.1 Å². The molecule has 102 valence electrons. The third-order valence-electron chi connectivity index (χ3n) is 2.15. The zero-order chi connectivity index (χ0) is 13.7. The van der Waals surface area contributed by atoms with E-state index in [2.05, 4.69) is 25.4 Å². The zero-order valence-corrected chi connectivity index (χ0v) is 11.1. The minimum absolute atomic E-state index is 0.289. The summed E-state index contributed by atoms with van der Waals surface area (Å²) in [7, 11) is 1.71. The van der Waals surface area contributed by atoms with E-state index in [-0.39, 0.29) is 6.61 Å². The molecule has 19 heavy (non-hydrogen) atoms. The molecule has 0 bridgehead atoms. The van der Waals surface area contributed by atoms with Gasteiger partial charge in [0.1, 0.15) is 0 Å².